The van der Waals surface area contributed by atoms with Crippen LogP contribution in [0.2, 0.25) is 0 Å². The van der Waals surface area contributed by atoms with Crippen LogP contribution in [0.25, 0.3) is 0 Å². The van der Waals surface area contributed by atoms with Crippen LogP contribution in [0.5, 0.6) is 11.5 Å². The number of rotatable bonds is 6. The molecule has 24 heavy (non-hydrogen) atoms. The number of carbonyl (C=O) groups is 1. The molecule has 6 heteroatoms. The Labute approximate surface area is 142 Å². The molecule has 0 bridgehead atoms. The minimum Gasteiger partial charge on any atom is -0.466 e. The van der Waals surface area contributed by atoms with Gasteiger partial charge in [-0.2, -0.15) is 0 Å². The molecule has 6 nitrogen and oxygen atoms in total. The fourth-order valence-electron chi connectivity index (χ4n) is 3.09. The highest BCUT2D eigenvalue weighted by molar-refractivity contribution is 5.69. The molecular weight excluding hydrogens is 312 g/mol. The number of carbonyl (C=O) groups excluding carboxylic acids is 1. The number of hydrogen-bond acceptors (Lipinski definition) is 6. The normalized spacial score (nSPS) is 22.4. The Balaban J connectivity index is 1.73. The lowest BCUT2D eigenvalue weighted by Crippen LogP contribution is -2.30. The molecule has 0 amide bonds. The Morgan fingerprint density at radius 2 is 2.12 bits per heavy atom. The molecular formula is C18H24O6. The van der Waals surface area contributed by atoms with Crippen molar-refractivity contribution in [1.29, 1.82) is 0 Å². The maximum atomic E-state index is 12.0. The molecule has 1 aromatic carbocycles. The summed E-state index contributed by atoms with van der Waals surface area (Å²) >= 11 is 0. The standard InChI is InChI=1S/C18H24O6/c1-4-20-17(19)9-13(16-10-23-18(2,3)24-16)7-12-5-6-14-15(8-12)22-11-21-14/h5-6,8,13,16H,4,7,9-11H2,1-3H3/t13-,16-/m1/s1. The van der Waals surface area contributed by atoms with Crippen LogP contribution < -0.4 is 9.47 Å². The summed E-state index contributed by atoms with van der Waals surface area (Å²) < 4.78 is 27.5. The minimum absolute atomic E-state index is 0.0220. The van der Waals surface area contributed by atoms with Crippen molar-refractivity contribution in [3.8, 4) is 11.5 Å². The van der Waals surface area contributed by atoms with Crippen molar-refractivity contribution < 1.29 is 28.5 Å². The van der Waals surface area contributed by atoms with Gasteiger partial charge in [0.2, 0.25) is 6.79 Å². The summed E-state index contributed by atoms with van der Waals surface area (Å²) in [6.07, 6.45) is 0.834. The van der Waals surface area contributed by atoms with Crippen molar-refractivity contribution in [2.75, 3.05) is 20.0 Å². The van der Waals surface area contributed by atoms with Gasteiger partial charge >= 0.3 is 5.97 Å². The highest BCUT2D eigenvalue weighted by atomic mass is 16.7. The molecule has 2 aliphatic heterocycles. The van der Waals surface area contributed by atoms with E-state index in [1.165, 1.54) is 0 Å². The average Bonchev–Trinajstić information content (AvgIpc) is 3.12. The van der Waals surface area contributed by atoms with Crippen LogP contribution in [0.3, 0.4) is 0 Å². The van der Waals surface area contributed by atoms with E-state index >= 15 is 0 Å². The van der Waals surface area contributed by atoms with Crippen LogP contribution in [0.15, 0.2) is 18.2 Å². The summed E-state index contributed by atoms with van der Waals surface area (Å²) in [4.78, 5) is 12.0. The maximum absolute atomic E-state index is 12.0. The molecule has 0 saturated carbocycles. The Morgan fingerprint density at radius 3 is 2.83 bits per heavy atom. The minimum atomic E-state index is -0.619. The maximum Gasteiger partial charge on any atom is 0.306 e. The largest absolute Gasteiger partial charge is 0.466 e. The second-order valence-electron chi connectivity index (χ2n) is 6.53. The van der Waals surface area contributed by atoms with E-state index < -0.39 is 5.79 Å². The number of fused-ring (bicyclic) bond motifs is 1. The van der Waals surface area contributed by atoms with Gasteiger partial charge in [-0.15, -0.1) is 0 Å². The van der Waals surface area contributed by atoms with Crippen LogP contribution in [0, 0.1) is 5.92 Å². The van der Waals surface area contributed by atoms with Gasteiger partial charge in [-0.05, 0) is 44.9 Å². The fourth-order valence-corrected chi connectivity index (χ4v) is 3.09. The lowest BCUT2D eigenvalue weighted by atomic mass is 9.91. The van der Waals surface area contributed by atoms with Crippen molar-refractivity contribution in [2.24, 2.45) is 5.92 Å². The summed E-state index contributed by atoms with van der Waals surface area (Å²) in [6, 6.07) is 5.85. The van der Waals surface area contributed by atoms with E-state index in [0.717, 1.165) is 17.1 Å². The summed E-state index contributed by atoms with van der Waals surface area (Å²) in [5, 5.41) is 0. The Morgan fingerprint density at radius 1 is 1.33 bits per heavy atom. The van der Waals surface area contributed by atoms with Gasteiger partial charge in [-0.3, -0.25) is 4.79 Å². The SMILES string of the molecule is CCOC(=O)C[C@@H](Cc1ccc2c(c1)OCO2)[C@H]1COC(C)(C)O1. The molecule has 132 valence electrons. The Kier molecular flexibility index (Phi) is 4.96. The van der Waals surface area contributed by atoms with Gasteiger partial charge in [0.1, 0.15) is 0 Å². The zero-order chi connectivity index (χ0) is 17.2. The molecule has 2 heterocycles. The summed E-state index contributed by atoms with van der Waals surface area (Å²) in [5.74, 6) is 0.642. The molecule has 1 saturated heterocycles. The van der Waals surface area contributed by atoms with Gasteiger partial charge < -0.3 is 23.7 Å². The van der Waals surface area contributed by atoms with Gasteiger partial charge in [0.05, 0.1) is 25.7 Å². The molecule has 2 atom stereocenters. The van der Waals surface area contributed by atoms with Crippen molar-refractivity contribution in [3.63, 3.8) is 0 Å². The Hall–Kier alpha value is -1.79. The predicted octanol–water partition coefficient (Wildman–Crippen LogP) is 2.68. The first-order valence-electron chi connectivity index (χ1n) is 8.33. The predicted molar refractivity (Wildman–Crippen MR) is 85.9 cm³/mol. The second kappa shape index (κ2) is 6.99. The fraction of sp³-hybridized carbons (Fsp3) is 0.611. The van der Waals surface area contributed by atoms with E-state index in [4.69, 9.17) is 23.7 Å². The zero-order valence-corrected chi connectivity index (χ0v) is 14.4. The number of esters is 1. The van der Waals surface area contributed by atoms with Gasteiger partial charge in [0.15, 0.2) is 17.3 Å². The van der Waals surface area contributed by atoms with E-state index in [9.17, 15) is 4.79 Å². The first kappa shape index (κ1) is 17.0. The van der Waals surface area contributed by atoms with Gasteiger partial charge in [-0.1, -0.05) is 6.07 Å². The second-order valence-corrected chi connectivity index (χ2v) is 6.53. The molecule has 0 aromatic heterocycles. The number of ether oxygens (including phenoxy) is 5. The molecule has 0 unspecified atom stereocenters. The van der Waals surface area contributed by atoms with Gasteiger partial charge in [0, 0.05) is 5.92 Å². The third-order valence-electron chi connectivity index (χ3n) is 4.23. The van der Waals surface area contributed by atoms with Crippen LogP contribution in [0.1, 0.15) is 32.8 Å². The Bertz CT molecular complexity index is 597. The van der Waals surface area contributed by atoms with E-state index in [1.54, 1.807) is 0 Å². The van der Waals surface area contributed by atoms with E-state index in [1.807, 2.05) is 39.0 Å². The van der Waals surface area contributed by atoms with E-state index in [2.05, 4.69) is 0 Å². The average molecular weight is 336 g/mol. The number of benzene rings is 1. The topological polar surface area (TPSA) is 63.2 Å². The monoisotopic (exact) mass is 336 g/mol. The third kappa shape index (κ3) is 3.99. The smallest absolute Gasteiger partial charge is 0.306 e. The molecule has 3 rings (SSSR count). The first-order valence-corrected chi connectivity index (χ1v) is 8.33. The summed E-state index contributed by atoms with van der Waals surface area (Å²) in [7, 11) is 0. The first-order chi connectivity index (χ1) is 11.5. The third-order valence-corrected chi connectivity index (χ3v) is 4.23. The van der Waals surface area contributed by atoms with Crippen LogP contribution in [0.4, 0.5) is 0 Å². The van der Waals surface area contributed by atoms with E-state index in [0.29, 0.717) is 26.1 Å². The van der Waals surface area contributed by atoms with Crippen molar-refractivity contribution in [3.05, 3.63) is 23.8 Å². The zero-order valence-electron chi connectivity index (χ0n) is 14.4. The number of hydrogen-bond donors (Lipinski definition) is 0. The summed E-state index contributed by atoms with van der Waals surface area (Å²) in [6.45, 7) is 6.68. The molecule has 0 spiro atoms. The van der Waals surface area contributed by atoms with Gasteiger partial charge in [0.25, 0.3) is 0 Å². The molecule has 0 aliphatic carbocycles. The van der Waals surface area contributed by atoms with Crippen molar-refractivity contribution in [2.45, 2.75) is 45.5 Å². The van der Waals surface area contributed by atoms with Gasteiger partial charge in [-0.25, -0.2) is 0 Å². The highest BCUT2D eigenvalue weighted by Gasteiger charge is 2.38. The molecule has 0 N–H and O–H groups in total. The van der Waals surface area contributed by atoms with Crippen LogP contribution in [-0.4, -0.2) is 37.9 Å². The van der Waals surface area contributed by atoms with Crippen molar-refractivity contribution >= 4 is 5.97 Å². The summed E-state index contributed by atoms with van der Waals surface area (Å²) in [5.41, 5.74) is 1.07. The quantitative estimate of drug-likeness (QED) is 0.744. The van der Waals surface area contributed by atoms with Crippen LogP contribution in [-0.2, 0) is 25.4 Å². The highest BCUT2D eigenvalue weighted by Crippen LogP contribution is 2.35. The molecule has 2 aliphatic rings. The van der Waals surface area contributed by atoms with Crippen LogP contribution >= 0.6 is 0 Å². The van der Waals surface area contributed by atoms with E-state index in [-0.39, 0.29) is 24.8 Å². The lowest BCUT2D eigenvalue weighted by molar-refractivity contribution is -0.153. The lowest BCUT2D eigenvalue weighted by Gasteiger charge is -2.24. The molecule has 0 radical (unpaired) electrons. The van der Waals surface area contributed by atoms with Crippen molar-refractivity contribution in [1.82, 2.24) is 0 Å². The molecule has 1 fully saturated rings. The molecule has 1 aromatic rings.